The molecule has 0 bridgehead atoms. The molecule has 1 aromatic heterocycles. The molecule has 4 rings (SSSR count). The second-order valence-corrected chi connectivity index (χ2v) is 6.72. The van der Waals surface area contributed by atoms with Gasteiger partial charge < -0.3 is 9.88 Å². The van der Waals surface area contributed by atoms with E-state index in [1.807, 2.05) is 67.7 Å². The Hall–Kier alpha value is -3.86. The van der Waals surface area contributed by atoms with Gasteiger partial charge in [0.1, 0.15) is 0 Å². The monoisotopic (exact) mass is 382 g/mol. The molecule has 0 unspecified atom stereocenters. The zero-order valence-electron chi connectivity index (χ0n) is 16.2. The van der Waals surface area contributed by atoms with Crippen molar-refractivity contribution in [2.45, 2.75) is 0 Å². The topological polar surface area (TPSA) is 58.4 Å². The Morgan fingerprint density at radius 2 is 1.59 bits per heavy atom. The number of benzene rings is 3. The molecule has 2 N–H and O–H groups in total. The highest BCUT2D eigenvalue weighted by molar-refractivity contribution is 6.06. The van der Waals surface area contributed by atoms with Gasteiger partial charge in [-0.05, 0) is 23.8 Å². The van der Waals surface area contributed by atoms with Gasteiger partial charge in [-0.1, -0.05) is 66.7 Å². The molecule has 29 heavy (non-hydrogen) atoms. The van der Waals surface area contributed by atoms with Crippen molar-refractivity contribution in [2.75, 3.05) is 11.9 Å². The lowest BCUT2D eigenvalue weighted by molar-refractivity contribution is -0.119. The molecule has 5 heteroatoms. The number of hydrogen-bond acceptors (Lipinski definition) is 3. The number of aromatic nitrogens is 1. The molecular weight excluding hydrogens is 360 g/mol. The number of carbonyl (C=O) groups is 1. The number of amides is 1. The summed E-state index contributed by atoms with van der Waals surface area (Å²) < 4.78 is 2.16. The zero-order chi connectivity index (χ0) is 20.1. The van der Waals surface area contributed by atoms with Gasteiger partial charge in [-0.25, -0.2) is 5.43 Å². The van der Waals surface area contributed by atoms with Crippen molar-refractivity contribution in [3.05, 3.63) is 90.5 Å². The molecule has 0 saturated heterocycles. The van der Waals surface area contributed by atoms with Gasteiger partial charge in [-0.2, -0.15) is 5.10 Å². The van der Waals surface area contributed by atoms with Gasteiger partial charge in [0.05, 0.1) is 18.5 Å². The molecule has 1 heterocycles. The Morgan fingerprint density at radius 3 is 2.34 bits per heavy atom. The summed E-state index contributed by atoms with van der Waals surface area (Å²) in [6.07, 6.45) is 1.73. The quantitative estimate of drug-likeness (QED) is 0.383. The molecule has 0 aliphatic rings. The smallest absolute Gasteiger partial charge is 0.259 e. The minimum absolute atomic E-state index is 0.155. The number of anilines is 1. The molecule has 0 radical (unpaired) electrons. The third kappa shape index (κ3) is 4.04. The van der Waals surface area contributed by atoms with Crippen LogP contribution < -0.4 is 10.7 Å². The van der Waals surface area contributed by atoms with E-state index in [1.165, 1.54) is 0 Å². The largest absolute Gasteiger partial charge is 0.376 e. The van der Waals surface area contributed by atoms with E-state index in [4.69, 9.17) is 0 Å². The lowest BCUT2D eigenvalue weighted by Gasteiger charge is -2.06. The van der Waals surface area contributed by atoms with E-state index in [0.29, 0.717) is 0 Å². The number of fused-ring (bicyclic) bond motifs is 1. The number of para-hydroxylation sites is 2. The van der Waals surface area contributed by atoms with Gasteiger partial charge in [-0.15, -0.1) is 0 Å². The highest BCUT2D eigenvalue weighted by atomic mass is 16.2. The minimum Gasteiger partial charge on any atom is -0.376 e. The first-order valence-electron chi connectivity index (χ1n) is 9.47. The maximum Gasteiger partial charge on any atom is 0.259 e. The lowest BCUT2D eigenvalue weighted by atomic mass is 10.1. The Balaban J connectivity index is 1.56. The average Bonchev–Trinajstić information content (AvgIpc) is 3.06. The standard InChI is InChI=1S/C24H22N4O/c1-28-22-15-9-8-14-20(22)21(24(28)18-10-4-2-5-11-18)16-26-27-23(29)17-25-19-12-6-3-7-13-19/h2-16,25H,17H2,1H3,(H,27,29). The second-order valence-electron chi connectivity index (χ2n) is 6.72. The molecule has 0 spiro atoms. The van der Waals surface area contributed by atoms with Gasteiger partial charge in [-0.3, -0.25) is 4.79 Å². The minimum atomic E-state index is -0.202. The first kappa shape index (κ1) is 18.5. The molecule has 0 aliphatic carbocycles. The number of aryl methyl sites for hydroxylation is 1. The second kappa shape index (κ2) is 8.44. The first-order valence-corrected chi connectivity index (χ1v) is 9.47. The number of hydrogen-bond donors (Lipinski definition) is 2. The van der Waals surface area contributed by atoms with E-state index in [9.17, 15) is 4.79 Å². The van der Waals surface area contributed by atoms with Crippen LogP contribution in [0.1, 0.15) is 5.56 Å². The van der Waals surface area contributed by atoms with Crippen LogP contribution in [0.2, 0.25) is 0 Å². The molecule has 0 fully saturated rings. The number of rotatable bonds is 6. The van der Waals surface area contributed by atoms with E-state index in [-0.39, 0.29) is 12.5 Å². The summed E-state index contributed by atoms with van der Waals surface area (Å²) in [5, 5.41) is 8.39. The Morgan fingerprint density at radius 1 is 0.931 bits per heavy atom. The number of carbonyl (C=O) groups excluding carboxylic acids is 1. The predicted molar refractivity (Wildman–Crippen MR) is 119 cm³/mol. The average molecular weight is 382 g/mol. The zero-order valence-corrected chi connectivity index (χ0v) is 16.2. The first-order chi connectivity index (χ1) is 14.2. The molecular formula is C24H22N4O. The summed E-state index contributed by atoms with van der Waals surface area (Å²) in [7, 11) is 2.05. The highest BCUT2D eigenvalue weighted by Gasteiger charge is 2.14. The summed E-state index contributed by atoms with van der Waals surface area (Å²) in [4.78, 5) is 12.1. The van der Waals surface area contributed by atoms with Crippen LogP contribution in [-0.4, -0.2) is 23.2 Å². The van der Waals surface area contributed by atoms with Crippen LogP contribution in [0.4, 0.5) is 5.69 Å². The number of nitrogens with zero attached hydrogens (tertiary/aromatic N) is 2. The van der Waals surface area contributed by atoms with Crippen LogP contribution in [0.5, 0.6) is 0 Å². The number of nitrogens with one attached hydrogen (secondary N) is 2. The van der Waals surface area contributed by atoms with Crippen LogP contribution in [0.15, 0.2) is 90.0 Å². The molecule has 0 atom stereocenters. The maximum atomic E-state index is 12.1. The van der Waals surface area contributed by atoms with Gasteiger partial charge in [0.15, 0.2) is 0 Å². The Kier molecular flexibility index (Phi) is 5.38. The van der Waals surface area contributed by atoms with Crippen molar-refractivity contribution < 1.29 is 4.79 Å². The van der Waals surface area contributed by atoms with Crippen LogP contribution >= 0.6 is 0 Å². The maximum absolute atomic E-state index is 12.1. The van der Waals surface area contributed by atoms with Crippen LogP contribution in [0.3, 0.4) is 0 Å². The summed E-state index contributed by atoms with van der Waals surface area (Å²) >= 11 is 0. The molecule has 144 valence electrons. The predicted octanol–water partition coefficient (Wildman–Crippen LogP) is 4.41. The highest BCUT2D eigenvalue weighted by Crippen LogP contribution is 2.31. The summed E-state index contributed by atoms with van der Waals surface area (Å²) in [6.45, 7) is 0.155. The van der Waals surface area contributed by atoms with Crippen molar-refractivity contribution in [3.8, 4) is 11.3 Å². The SMILES string of the molecule is Cn1c(-c2ccccc2)c(C=NNC(=O)CNc2ccccc2)c2ccccc21. The number of hydrazone groups is 1. The summed E-state index contributed by atoms with van der Waals surface area (Å²) in [5.74, 6) is -0.202. The van der Waals surface area contributed by atoms with E-state index in [2.05, 4.69) is 44.7 Å². The van der Waals surface area contributed by atoms with Gasteiger partial charge in [0, 0.05) is 29.2 Å². The molecule has 0 saturated carbocycles. The van der Waals surface area contributed by atoms with Gasteiger partial charge in [0.2, 0.25) is 0 Å². The van der Waals surface area contributed by atoms with E-state index in [0.717, 1.165) is 33.4 Å². The molecule has 3 aromatic carbocycles. The third-order valence-corrected chi connectivity index (χ3v) is 4.80. The normalized spacial score (nSPS) is 11.1. The fourth-order valence-electron chi connectivity index (χ4n) is 3.45. The van der Waals surface area contributed by atoms with Crippen molar-refractivity contribution in [3.63, 3.8) is 0 Å². The fraction of sp³-hybridized carbons (Fsp3) is 0.0833. The van der Waals surface area contributed by atoms with Crippen LogP contribution in [0, 0.1) is 0 Å². The molecule has 4 aromatic rings. The van der Waals surface area contributed by atoms with E-state index >= 15 is 0 Å². The lowest BCUT2D eigenvalue weighted by Crippen LogP contribution is -2.25. The summed E-state index contributed by atoms with van der Waals surface area (Å²) in [6, 6.07) is 28.0. The molecule has 5 nitrogen and oxygen atoms in total. The Labute approximate surface area is 169 Å². The van der Waals surface area contributed by atoms with Crippen molar-refractivity contribution >= 4 is 28.7 Å². The fourth-order valence-corrected chi connectivity index (χ4v) is 3.45. The van der Waals surface area contributed by atoms with Crippen molar-refractivity contribution in [2.24, 2.45) is 12.1 Å². The van der Waals surface area contributed by atoms with Gasteiger partial charge >= 0.3 is 0 Å². The van der Waals surface area contributed by atoms with E-state index < -0.39 is 0 Å². The molecule has 0 aliphatic heterocycles. The van der Waals surface area contributed by atoms with Gasteiger partial charge in [0.25, 0.3) is 5.91 Å². The summed E-state index contributed by atoms with van der Waals surface area (Å²) in [5.41, 5.74) is 7.77. The third-order valence-electron chi connectivity index (χ3n) is 4.80. The van der Waals surface area contributed by atoms with Crippen molar-refractivity contribution in [1.29, 1.82) is 0 Å². The van der Waals surface area contributed by atoms with Crippen LogP contribution in [-0.2, 0) is 11.8 Å². The Bertz CT molecular complexity index is 1150. The molecule has 1 amide bonds. The van der Waals surface area contributed by atoms with E-state index in [1.54, 1.807) is 6.21 Å². The van der Waals surface area contributed by atoms with Crippen LogP contribution in [0.25, 0.3) is 22.2 Å². The van der Waals surface area contributed by atoms with Crippen molar-refractivity contribution in [1.82, 2.24) is 9.99 Å².